The Morgan fingerprint density at radius 1 is 0.829 bits per heavy atom. The normalized spacial score (nSPS) is 12.7. The number of benzene rings is 3. The predicted octanol–water partition coefficient (Wildman–Crippen LogP) is 5.36. The molecule has 1 aliphatic heterocycles. The zero-order chi connectivity index (χ0) is 24.6. The van der Waals surface area contributed by atoms with Gasteiger partial charge < -0.3 is 25.6 Å². The van der Waals surface area contributed by atoms with E-state index in [0.29, 0.717) is 22.6 Å². The highest BCUT2D eigenvalue weighted by Crippen LogP contribution is 2.32. The third-order valence-electron chi connectivity index (χ3n) is 5.66. The molecule has 1 aliphatic rings. The molecular weight excluding hydrogens is 444 g/mol. The number of carbonyl (C=O) groups excluding carboxylic acids is 3. The van der Waals surface area contributed by atoms with E-state index in [0.717, 1.165) is 31.6 Å². The van der Waals surface area contributed by atoms with E-state index in [1.165, 1.54) is 0 Å². The van der Waals surface area contributed by atoms with Crippen LogP contribution in [0.5, 0.6) is 0 Å². The van der Waals surface area contributed by atoms with E-state index >= 15 is 0 Å². The zero-order valence-corrected chi connectivity index (χ0v) is 19.5. The number of amides is 3. The first-order valence-electron chi connectivity index (χ1n) is 11.6. The second-order valence-electron chi connectivity index (χ2n) is 8.09. The minimum absolute atomic E-state index is 0.236. The molecule has 8 heteroatoms. The lowest BCUT2D eigenvalue weighted by molar-refractivity contribution is 0.0527. The molecule has 0 saturated carbocycles. The number of nitrogens with zero attached hydrogens (tertiary/aromatic N) is 1. The lowest BCUT2D eigenvalue weighted by atomic mass is 10.1. The van der Waals surface area contributed by atoms with E-state index < -0.39 is 12.0 Å². The minimum atomic E-state index is -0.508. The van der Waals surface area contributed by atoms with Crippen molar-refractivity contribution in [3.63, 3.8) is 0 Å². The van der Waals surface area contributed by atoms with Crippen LogP contribution in [0.2, 0.25) is 0 Å². The molecule has 3 aromatic rings. The molecule has 0 aliphatic carbocycles. The molecular formula is C27H28N4O4. The molecule has 3 aromatic carbocycles. The van der Waals surface area contributed by atoms with Gasteiger partial charge in [-0.15, -0.1) is 0 Å². The van der Waals surface area contributed by atoms with Gasteiger partial charge in [0.25, 0.3) is 5.91 Å². The van der Waals surface area contributed by atoms with Crippen LogP contribution in [0.15, 0.2) is 72.8 Å². The number of urea groups is 1. The molecule has 0 bridgehead atoms. The van der Waals surface area contributed by atoms with Crippen molar-refractivity contribution in [1.82, 2.24) is 0 Å². The summed E-state index contributed by atoms with van der Waals surface area (Å²) in [6.07, 6.45) is 2.15. The Kier molecular flexibility index (Phi) is 7.62. The maximum Gasteiger partial charge on any atom is 0.340 e. The van der Waals surface area contributed by atoms with Crippen molar-refractivity contribution < 1.29 is 19.1 Å². The molecule has 4 rings (SSSR count). The van der Waals surface area contributed by atoms with Gasteiger partial charge in [-0.25, -0.2) is 9.59 Å². The van der Waals surface area contributed by atoms with Crippen LogP contribution in [-0.2, 0) is 4.74 Å². The molecule has 1 heterocycles. The van der Waals surface area contributed by atoms with Gasteiger partial charge in [0, 0.05) is 24.3 Å². The van der Waals surface area contributed by atoms with Crippen molar-refractivity contribution in [1.29, 1.82) is 0 Å². The van der Waals surface area contributed by atoms with Gasteiger partial charge in [0.15, 0.2) is 0 Å². The molecule has 0 unspecified atom stereocenters. The Labute approximate surface area is 204 Å². The van der Waals surface area contributed by atoms with Crippen LogP contribution in [0.4, 0.5) is 27.5 Å². The van der Waals surface area contributed by atoms with Crippen LogP contribution in [0.1, 0.15) is 40.5 Å². The van der Waals surface area contributed by atoms with Gasteiger partial charge in [-0.2, -0.15) is 0 Å². The predicted molar refractivity (Wildman–Crippen MR) is 137 cm³/mol. The van der Waals surface area contributed by atoms with Crippen LogP contribution in [-0.4, -0.2) is 37.6 Å². The number of rotatable bonds is 7. The zero-order valence-electron chi connectivity index (χ0n) is 19.5. The molecule has 0 atom stereocenters. The summed E-state index contributed by atoms with van der Waals surface area (Å²) >= 11 is 0. The Balaban J connectivity index is 1.55. The first kappa shape index (κ1) is 23.8. The summed E-state index contributed by atoms with van der Waals surface area (Å²) < 4.78 is 5.09. The number of nitrogens with one attached hydrogen (secondary N) is 3. The highest BCUT2D eigenvalue weighted by Gasteiger charge is 2.19. The van der Waals surface area contributed by atoms with E-state index in [1.54, 1.807) is 61.5 Å². The standard InChI is InChI=1S/C27H28N4O4/c1-2-35-26(33)21-12-6-7-13-22(21)29-27(34)30-23-18-20(14-15-24(23)31-16-8-9-17-31)28-25(32)19-10-4-3-5-11-19/h3-7,10-15,18H,2,8-9,16-17H2,1H3,(H,28,32)(H2,29,30,34). The number of esters is 1. The van der Waals surface area contributed by atoms with Gasteiger partial charge in [-0.05, 0) is 62.2 Å². The number of para-hydroxylation sites is 1. The molecule has 1 fully saturated rings. The second-order valence-corrected chi connectivity index (χ2v) is 8.09. The van der Waals surface area contributed by atoms with Crippen LogP contribution < -0.4 is 20.9 Å². The van der Waals surface area contributed by atoms with Gasteiger partial charge in [0.2, 0.25) is 0 Å². The minimum Gasteiger partial charge on any atom is -0.462 e. The maximum absolute atomic E-state index is 13.0. The third-order valence-corrected chi connectivity index (χ3v) is 5.66. The lowest BCUT2D eigenvalue weighted by Crippen LogP contribution is -2.25. The molecule has 1 saturated heterocycles. The lowest BCUT2D eigenvalue weighted by Gasteiger charge is -2.23. The van der Waals surface area contributed by atoms with Crippen molar-refractivity contribution in [2.45, 2.75) is 19.8 Å². The summed E-state index contributed by atoms with van der Waals surface area (Å²) in [6.45, 7) is 3.74. The van der Waals surface area contributed by atoms with Crippen LogP contribution in [0.25, 0.3) is 0 Å². The van der Waals surface area contributed by atoms with Gasteiger partial charge in [0.1, 0.15) is 0 Å². The number of hydrogen-bond donors (Lipinski definition) is 3. The van der Waals surface area contributed by atoms with Gasteiger partial charge in [-0.3, -0.25) is 4.79 Å². The first-order chi connectivity index (χ1) is 17.0. The fourth-order valence-electron chi connectivity index (χ4n) is 4.00. The summed E-state index contributed by atoms with van der Waals surface area (Å²) in [5, 5.41) is 8.52. The SMILES string of the molecule is CCOC(=O)c1ccccc1NC(=O)Nc1cc(NC(=O)c2ccccc2)ccc1N1CCCC1. The Bertz CT molecular complexity index is 1210. The molecule has 180 valence electrons. The molecule has 3 amide bonds. The topological polar surface area (TPSA) is 99.8 Å². The average Bonchev–Trinajstić information content (AvgIpc) is 3.40. The van der Waals surface area contributed by atoms with E-state index in [-0.39, 0.29) is 18.1 Å². The summed E-state index contributed by atoms with van der Waals surface area (Å²) in [6, 6.07) is 20.6. The highest BCUT2D eigenvalue weighted by atomic mass is 16.5. The number of hydrogen-bond acceptors (Lipinski definition) is 5. The number of carbonyl (C=O) groups is 3. The first-order valence-corrected chi connectivity index (χ1v) is 11.6. The van der Waals surface area contributed by atoms with Crippen molar-refractivity contribution in [2.75, 3.05) is 40.5 Å². The van der Waals surface area contributed by atoms with Crippen molar-refractivity contribution in [2.24, 2.45) is 0 Å². The average molecular weight is 473 g/mol. The quantitative estimate of drug-likeness (QED) is 0.402. The van der Waals surface area contributed by atoms with Gasteiger partial charge >= 0.3 is 12.0 Å². The molecule has 0 radical (unpaired) electrons. The monoisotopic (exact) mass is 472 g/mol. The number of ether oxygens (including phenoxy) is 1. The van der Waals surface area contributed by atoms with Gasteiger partial charge in [0.05, 0.1) is 29.2 Å². The largest absolute Gasteiger partial charge is 0.462 e. The summed E-state index contributed by atoms with van der Waals surface area (Å²) in [7, 11) is 0. The molecule has 0 spiro atoms. The van der Waals surface area contributed by atoms with E-state index in [1.807, 2.05) is 18.2 Å². The van der Waals surface area contributed by atoms with Crippen LogP contribution in [0, 0.1) is 0 Å². The highest BCUT2D eigenvalue weighted by molar-refractivity contribution is 6.08. The molecule has 3 N–H and O–H groups in total. The Morgan fingerprint density at radius 2 is 1.51 bits per heavy atom. The summed E-state index contributed by atoms with van der Waals surface area (Å²) in [5.74, 6) is -0.745. The summed E-state index contributed by atoms with van der Waals surface area (Å²) in [4.78, 5) is 40.0. The van der Waals surface area contributed by atoms with E-state index in [2.05, 4.69) is 20.9 Å². The van der Waals surface area contributed by atoms with Crippen molar-refractivity contribution in [3.05, 3.63) is 83.9 Å². The molecule has 35 heavy (non-hydrogen) atoms. The van der Waals surface area contributed by atoms with Crippen molar-refractivity contribution in [3.8, 4) is 0 Å². The molecule has 0 aromatic heterocycles. The fraction of sp³-hybridized carbons (Fsp3) is 0.222. The fourth-order valence-corrected chi connectivity index (χ4v) is 4.00. The van der Waals surface area contributed by atoms with Crippen LogP contribution >= 0.6 is 0 Å². The molecule has 8 nitrogen and oxygen atoms in total. The number of anilines is 4. The maximum atomic E-state index is 13.0. The third kappa shape index (κ3) is 5.97. The summed E-state index contributed by atoms with van der Waals surface area (Å²) in [5.41, 5.74) is 3.15. The second kappa shape index (κ2) is 11.2. The van der Waals surface area contributed by atoms with E-state index in [4.69, 9.17) is 4.74 Å². The van der Waals surface area contributed by atoms with Gasteiger partial charge in [-0.1, -0.05) is 30.3 Å². The Morgan fingerprint density at radius 3 is 2.26 bits per heavy atom. The van der Waals surface area contributed by atoms with E-state index in [9.17, 15) is 14.4 Å². The van der Waals surface area contributed by atoms with Crippen LogP contribution in [0.3, 0.4) is 0 Å². The Hall–Kier alpha value is -4.33. The van der Waals surface area contributed by atoms with Crippen molar-refractivity contribution >= 4 is 40.7 Å². The smallest absolute Gasteiger partial charge is 0.340 e.